The van der Waals surface area contributed by atoms with Crippen molar-refractivity contribution >= 4 is 33.2 Å². The van der Waals surface area contributed by atoms with Gasteiger partial charge in [-0.25, -0.2) is 8.42 Å². The first-order valence-electron chi connectivity index (χ1n) is 6.41. The van der Waals surface area contributed by atoms with E-state index < -0.39 is 15.9 Å². The van der Waals surface area contributed by atoms with Crippen LogP contribution in [0, 0.1) is 0 Å². The Morgan fingerprint density at radius 3 is 2.62 bits per heavy atom. The molecule has 0 atom stereocenters. The minimum absolute atomic E-state index is 0.0507. The molecule has 6 nitrogen and oxygen atoms in total. The Hall–Kier alpha value is -1.31. The maximum absolute atomic E-state index is 12.0. The van der Waals surface area contributed by atoms with Crippen LogP contribution in [-0.4, -0.2) is 44.6 Å². The molecule has 8 heteroatoms. The average molecular weight is 333 g/mol. The zero-order chi connectivity index (χ0) is 15.6. The third kappa shape index (κ3) is 4.33. The smallest absolute Gasteiger partial charge is 0.239 e. The van der Waals surface area contributed by atoms with E-state index in [4.69, 9.17) is 16.3 Å². The van der Waals surface area contributed by atoms with Crippen molar-refractivity contribution in [1.29, 1.82) is 0 Å². The van der Waals surface area contributed by atoms with Crippen molar-refractivity contribution in [3.8, 4) is 5.75 Å². The third-order valence-corrected chi connectivity index (χ3v) is 4.69. The molecule has 116 valence electrons. The molecule has 0 aliphatic heterocycles. The fourth-order valence-electron chi connectivity index (χ4n) is 1.97. The van der Waals surface area contributed by atoms with Gasteiger partial charge in [-0.05, 0) is 31.0 Å². The van der Waals surface area contributed by atoms with Crippen molar-refractivity contribution in [2.75, 3.05) is 25.2 Å². The van der Waals surface area contributed by atoms with Gasteiger partial charge in [-0.3, -0.25) is 4.79 Å². The zero-order valence-corrected chi connectivity index (χ0v) is 13.4. The number of hydrogen-bond donors (Lipinski definition) is 1. The summed E-state index contributed by atoms with van der Waals surface area (Å²) >= 11 is 5.97. The molecule has 0 bridgehead atoms. The van der Waals surface area contributed by atoms with E-state index in [1.807, 2.05) is 0 Å². The Balaban J connectivity index is 2.02. The van der Waals surface area contributed by atoms with Crippen LogP contribution in [-0.2, 0) is 14.8 Å². The fraction of sp³-hybridized carbons (Fsp3) is 0.462. The molecule has 1 aliphatic rings. The van der Waals surface area contributed by atoms with E-state index in [0.717, 1.165) is 19.1 Å². The molecular weight excluding hydrogens is 316 g/mol. The number of sulfonamides is 1. The summed E-state index contributed by atoms with van der Waals surface area (Å²) in [5, 5.41) is 3.01. The van der Waals surface area contributed by atoms with E-state index in [1.54, 1.807) is 18.2 Å². The Morgan fingerprint density at radius 2 is 2.14 bits per heavy atom. The molecule has 1 N–H and O–H groups in total. The second-order valence-electron chi connectivity index (χ2n) is 4.94. The van der Waals surface area contributed by atoms with Crippen LogP contribution in [0.25, 0.3) is 0 Å². The summed E-state index contributed by atoms with van der Waals surface area (Å²) < 4.78 is 29.5. The molecular formula is C13H17ClN2O4S. The normalized spacial score (nSPS) is 15.0. The number of nitrogens with zero attached hydrogens (tertiary/aromatic N) is 1. The van der Waals surface area contributed by atoms with Gasteiger partial charge in [-0.1, -0.05) is 11.6 Å². The molecule has 1 amide bonds. The zero-order valence-electron chi connectivity index (χ0n) is 11.8. The Bertz CT molecular complexity index is 644. The van der Waals surface area contributed by atoms with Crippen molar-refractivity contribution < 1.29 is 17.9 Å². The highest BCUT2D eigenvalue weighted by molar-refractivity contribution is 7.88. The molecule has 0 spiro atoms. The number of anilines is 1. The molecule has 1 saturated carbocycles. The van der Waals surface area contributed by atoms with Gasteiger partial charge in [-0.15, -0.1) is 0 Å². The van der Waals surface area contributed by atoms with Crippen LogP contribution >= 0.6 is 11.6 Å². The van der Waals surface area contributed by atoms with E-state index >= 15 is 0 Å². The van der Waals surface area contributed by atoms with E-state index in [0.29, 0.717) is 16.5 Å². The van der Waals surface area contributed by atoms with E-state index in [-0.39, 0.29) is 12.6 Å². The lowest BCUT2D eigenvalue weighted by atomic mass is 10.3. The first-order valence-corrected chi connectivity index (χ1v) is 8.64. The predicted molar refractivity (Wildman–Crippen MR) is 81.2 cm³/mol. The number of nitrogens with one attached hydrogen (secondary N) is 1. The van der Waals surface area contributed by atoms with Gasteiger partial charge in [0.15, 0.2) is 0 Å². The van der Waals surface area contributed by atoms with Gasteiger partial charge in [-0.2, -0.15) is 4.31 Å². The lowest BCUT2D eigenvalue weighted by Crippen LogP contribution is -2.38. The molecule has 2 rings (SSSR count). The first kappa shape index (κ1) is 16.1. The molecule has 1 aromatic rings. The summed E-state index contributed by atoms with van der Waals surface area (Å²) in [7, 11) is -1.88. The predicted octanol–water partition coefficient (Wildman–Crippen LogP) is 1.71. The second-order valence-corrected chi connectivity index (χ2v) is 7.28. The minimum Gasteiger partial charge on any atom is -0.495 e. The summed E-state index contributed by atoms with van der Waals surface area (Å²) in [5.41, 5.74) is 0.495. The largest absolute Gasteiger partial charge is 0.495 e. The van der Waals surface area contributed by atoms with Gasteiger partial charge in [0, 0.05) is 11.7 Å². The van der Waals surface area contributed by atoms with Gasteiger partial charge < -0.3 is 10.1 Å². The standard InChI is InChI=1S/C13H17ClN2O4S/c1-20-12-6-3-9(7-11(12)14)15-13(17)8-16(10-4-5-10)21(2,18)19/h3,6-7,10H,4-5,8H2,1-2H3,(H,15,17). The summed E-state index contributed by atoms with van der Waals surface area (Å²) in [6, 6.07) is 4.78. The van der Waals surface area contributed by atoms with E-state index in [1.165, 1.54) is 11.4 Å². The maximum atomic E-state index is 12.0. The molecule has 0 unspecified atom stereocenters. The number of carbonyl (C=O) groups is 1. The van der Waals surface area contributed by atoms with Crippen molar-refractivity contribution in [3.63, 3.8) is 0 Å². The number of amides is 1. The van der Waals surface area contributed by atoms with Gasteiger partial charge in [0.2, 0.25) is 15.9 Å². The minimum atomic E-state index is -3.38. The monoisotopic (exact) mass is 332 g/mol. The van der Waals surface area contributed by atoms with Gasteiger partial charge in [0.1, 0.15) is 5.75 Å². The molecule has 1 aromatic carbocycles. The molecule has 0 heterocycles. The van der Waals surface area contributed by atoms with Crippen LogP contribution in [0.1, 0.15) is 12.8 Å². The number of hydrogen-bond acceptors (Lipinski definition) is 4. The maximum Gasteiger partial charge on any atom is 0.239 e. The third-order valence-electron chi connectivity index (χ3n) is 3.12. The van der Waals surface area contributed by atoms with Crippen molar-refractivity contribution in [2.45, 2.75) is 18.9 Å². The SMILES string of the molecule is COc1ccc(NC(=O)CN(C2CC2)S(C)(=O)=O)cc1Cl. The fourth-order valence-corrected chi connectivity index (χ4v) is 3.33. The first-order chi connectivity index (χ1) is 9.81. The van der Waals surface area contributed by atoms with Crippen LogP contribution in [0.5, 0.6) is 5.75 Å². The number of ether oxygens (including phenoxy) is 1. The summed E-state index contributed by atoms with van der Waals surface area (Å²) in [6.45, 7) is -0.187. The summed E-state index contributed by atoms with van der Waals surface area (Å²) in [5.74, 6) is 0.110. The van der Waals surface area contributed by atoms with Crippen LogP contribution in [0.2, 0.25) is 5.02 Å². The van der Waals surface area contributed by atoms with Crippen LogP contribution in [0.3, 0.4) is 0 Å². The molecule has 21 heavy (non-hydrogen) atoms. The Kier molecular flexibility index (Phi) is 4.75. The van der Waals surface area contributed by atoms with Gasteiger partial charge >= 0.3 is 0 Å². The Morgan fingerprint density at radius 1 is 1.48 bits per heavy atom. The van der Waals surface area contributed by atoms with Gasteiger partial charge in [0.05, 0.1) is 24.9 Å². The number of benzene rings is 1. The average Bonchev–Trinajstić information content (AvgIpc) is 3.19. The highest BCUT2D eigenvalue weighted by Crippen LogP contribution is 2.29. The molecule has 1 fully saturated rings. The van der Waals surface area contributed by atoms with Crippen LogP contribution in [0.4, 0.5) is 5.69 Å². The topological polar surface area (TPSA) is 75.7 Å². The number of carbonyl (C=O) groups excluding carboxylic acids is 1. The number of halogens is 1. The molecule has 0 saturated heterocycles. The Labute approximate surface area is 129 Å². The highest BCUT2D eigenvalue weighted by atomic mass is 35.5. The summed E-state index contributed by atoms with van der Waals surface area (Å²) in [6.07, 6.45) is 2.71. The number of methoxy groups -OCH3 is 1. The lowest BCUT2D eigenvalue weighted by molar-refractivity contribution is -0.116. The molecule has 0 radical (unpaired) electrons. The summed E-state index contributed by atoms with van der Waals surface area (Å²) in [4.78, 5) is 12.0. The molecule has 0 aromatic heterocycles. The van der Waals surface area contributed by atoms with Gasteiger partial charge in [0.25, 0.3) is 0 Å². The van der Waals surface area contributed by atoms with Crippen LogP contribution < -0.4 is 10.1 Å². The quantitative estimate of drug-likeness (QED) is 0.860. The highest BCUT2D eigenvalue weighted by Gasteiger charge is 2.36. The second kappa shape index (κ2) is 6.21. The van der Waals surface area contributed by atoms with Crippen molar-refractivity contribution in [1.82, 2.24) is 4.31 Å². The molecule has 1 aliphatic carbocycles. The van der Waals surface area contributed by atoms with E-state index in [9.17, 15) is 13.2 Å². The van der Waals surface area contributed by atoms with Crippen molar-refractivity contribution in [2.24, 2.45) is 0 Å². The van der Waals surface area contributed by atoms with E-state index in [2.05, 4.69) is 5.32 Å². The number of rotatable bonds is 6. The van der Waals surface area contributed by atoms with Crippen LogP contribution in [0.15, 0.2) is 18.2 Å². The van der Waals surface area contributed by atoms with Crippen molar-refractivity contribution in [3.05, 3.63) is 23.2 Å². The lowest BCUT2D eigenvalue weighted by Gasteiger charge is -2.18.